The van der Waals surface area contributed by atoms with Crippen LogP contribution in [0, 0.1) is 0 Å². The molecule has 1 aromatic carbocycles. The van der Waals surface area contributed by atoms with Gasteiger partial charge < -0.3 is 14.2 Å². The number of anilines is 1. The third-order valence-electron chi connectivity index (χ3n) is 2.66. The Bertz CT molecular complexity index is 601. The lowest BCUT2D eigenvalue weighted by atomic mass is 10.1. The SMILES string of the molecule is c1cc(NCc2ccoc2)cc(-c2cnco2)c1. The zero-order valence-corrected chi connectivity index (χ0v) is 9.67. The Morgan fingerprint density at radius 3 is 3.00 bits per heavy atom. The number of oxazole rings is 1. The van der Waals surface area contributed by atoms with E-state index in [2.05, 4.69) is 10.3 Å². The van der Waals surface area contributed by atoms with Gasteiger partial charge in [-0.25, -0.2) is 4.98 Å². The summed E-state index contributed by atoms with van der Waals surface area (Å²) in [5, 5.41) is 3.33. The summed E-state index contributed by atoms with van der Waals surface area (Å²) in [6.07, 6.45) is 6.53. The van der Waals surface area contributed by atoms with Crippen molar-refractivity contribution in [2.75, 3.05) is 5.32 Å². The summed E-state index contributed by atoms with van der Waals surface area (Å²) in [6.45, 7) is 0.732. The first-order valence-electron chi connectivity index (χ1n) is 5.66. The smallest absolute Gasteiger partial charge is 0.181 e. The minimum absolute atomic E-state index is 0.732. The van der Waals surface area contributed by atoms with Crippen LogP contribution in [-0.4, -0.2) is 4.98 Å². The van der Waals surface area contributed by atoms with Gasteiger partial charge >= 0.3 is 0 Å². The van der Waals surface area contributed by atoms with Crippen LogP contribution in [0.4, 0.5) is 5.69 Å². The topological polar surface area (TPSA) is 51.2 Å². The van der Waals surface area contributed by atoms with Crippen molar-refractivity contribution in [2.45, 2.75) is 6.54 Å². The molecule has 0 fully saturated rings. The van der Waals surface area contributed by atoms with Crippen molar-refractivity contribution >= 4 is 5.69 Å². The molecule has 0 amide bonds. The van der Waals surface area contributed by atoms with Crippen molar-refractivity contribution in [3.63, 3.8) is 0 Å². The maximum Gasteiger partial charge on any atom is 0.181 e. The standard InChI is InChI=1S/C14H12N2O2/c1-2-12(14-8-15-10-18-14)6-13(3-1)16-7-11-4-5-17-9-11/h1-6,8-10,16H,7H2. The zero-order chi connectivity index (χ0) is 12.2. The van der Waals surface area contributed by atoms with Crippen molar-refractivity contribution in [1.82, 2.24) is 4.98 Å². The Balaban J connectivity index is 1.75. The lowest BCUT2D eigenvalue weighted by molar-refractivity contribution is 0.564. The average molecular weight is 240 g/mol. The van der Waals surface area contributed by atoms with Gasteiger partial charge in [0.15, 0.2) is 12.2 Å². The van der Waals surface area contributed by atoms with Crippen LogP contribution in [0.1, 0.15) is 5.56 Å². The van der Waals surface area contributed by atoms with Crippen LogP contribution in [0.15, 0.2) is 64.3 Å². The molecule has 0 unspecified atom stereocenters. The Kier molecular flexibility index (Phi) is 2.84. The van der Waals surface area contributed by atoms with E-state index in [1.165, 1.54) is 6.39 Å². The molecule has 0 saturated carbocycles. The van der Waals surface area contributed by atoms with E-state index in [1.54, 1.807) is 18.7 Å². The summed E-state index contributed by atoms with van der Waals surface area (Å²) >= 11 is 0. The van der Waals surface area contributed by atoms with Gasteiger partial charge in [0.05, 0.1) is 18.7 Å². The van der Waals surface area contributed by atoms with Crippen LogP contribution in [0.3, 0.4) is 0 Å². The summed E-state index contributed by atoms with van der Waals surface area (Å²) in [5.74, 6) is 0.766. The average Bonchev–Trinajstić information content (AvgIpc) is 3.10. The van der Waals surface area contributed by atoms with E-state index < -0.39 is 0 Å². The molecule has 18 heavy (non-hydrogen) atoms. The Morgan fingerprint density at radius 2 is 2.22 bits per heavy atom. The molecule has 4 heteroatoms. The van der Waals surface area contributed by atoms with Gasteiger partial charge in [-0.05, 0) is 18.2 Å². The number of aromatic nitrogens is 1. The first-order valence-corrected chi connectivity index (χ1v) is 5.66. The van der Waals surface area contributed by atoms with Crippen molar-refractivity contribution in [3.8, 4) is 11.3 Å². The van der Waals surface area contributed by atoms with Gasteiger partial charge in [0.2, 0.25) is 0 Å². The highest BCUT2D eigenvalue weighted by molar-refractivity contribution is 5.63. The molecule has 90 valence electrons. The second kappa shape index (κ2) is 4.79. The molecule has 0 bridgehead atoms. The number of nitrogens with one attached hydrogen (secondary N) is 1. The van der Waals surface area contributed by atoms with Crippen LogP contribution in [0.25, 0.3) is 11.3 Å². The van der Waals surface area contributed by atoms with E-state index in [9.17, 15) is 0 Å². The summed E-state index contributed by atoms with van der Waals surface area (Å²) in [4.78, 5) is 3.92. The third-order valence-corrected chi connectivity index (χ3v) is 2.66. The van der Waals surface area contributed by atoms with Crippen LogP contribution in [0.5, 0.6) is 0 Å². The van der Waals surface area contributed by atoms with Crippen molar-refractivity contribution < 1.29 is 8.83 Å². The number of rotatable bonds is 4. The molecule has 3 aromatic rings. The number of furan rings is 1. The lowest BCUT2D eigenvalue weighted by Gasteiger charge is -2.05. The number of benzene rings is 1. The predicted octanol–water partition coefficient (Wildman–Crippen LogP) is 3.55. The molecular weight excluding hydrogens is 228 g/mol. The Hall–Kier alpha value is -2.49. The maximum atomic E-state index is 5.27. The Morgan fingerprint density at radius 1 is 1.22 bits per heavy atom. The van der Waals surface area contributed by atoms with Crippen LogP contribution < -0.4 is 5.32 Å². The largest absolute Gasteiger partial charge is 0.472 e. The fourth-order valence-electron chi connectivity index (χ4n) is 1.74. The molecule has 2 heterocycles. The number of hydrogen-bond donors (Lipinski definition) is 1. The molecule has 0 radical (unpaired) electrons. The molecule has 4 nitrogen and oxygen atoms in total. The normalized spacial score (nSPS) is 10.4. The van der Waals surface area contributed by atoms with E-state index in [0.717, 1.165) is 29.1 Å². The van der Waals surface area contributed by atoms with Crippen molar-refractivity contribution in [3.05, 3.63) is 61.0 Å². The highest BCUT2D eigenvalue weighted by atomic mass is 16.3. The minimum atomic E-state index is 0.732. The fraction of sp³-hybridized carbons (Fsp3) is 0.0714. The lowest BCUT2D eigenvalue weighted by Crippen LogP contribution is -1.97. The summed E-state index contributed by atoms with van der Waals surface area (Å²) in [7, 11) is 0. The molecule has 3 rings (SSSR count). The molecule has 0 atom stereocenters. The van der Waals surface area contributed by atoms with Gasteiger partial charge in [0.25, 0.3) is 0 Å². The molecule has 2 aromatic heterocycles. The van der Waals surface area contributed by atoms with Gasteiger partial charge in [0, 0.05) is 23.4 Å². The fourth-order valence-corrected chi connectivity index (χ4v) is 1.74. The predicted molar refractivity (Wildman–Crippen MR) is 68.0 cm³/mol. The molecule has 0 aliphatic heterocycles. The second-order valence-corrected chi connectivity index (χ2v) is 3.93. The van der Waals surface area contributed by atoms with Crippen LogP contribution in [-0.2, 0) is 6.54 Å². The van der Waals surface area contributed by atoms with Crippen LogP contribution >= 0.6 is 0 Å². The third kappa shape index (κ3) is 2.27. The van der Waals surface area contributed by atoms with Gasteiger partial charge in [-0.2, -0.15) is 0 Å². The molecule has 0 spiro atoms. The minimum Gasteiger partial charge on any atom is -0.472 e. The highest BCUT2D eigenvalue weighted by Gasteiger charge is 2.02. The van der Waals surface area contributed by atoms with Gasteiger partial charge in [-0.3, -0.25) is 0 Å². The van der Waals surface area contributed by atoms with Crippen LogP contribution in [0.2, 0.25) is 0 Å². The Labute approximate surface area is 104 Å². The van der Waals surface area contributed by atoms with E-state index in [0.29, 0.717) is 0 Å². The quantitative estimate of drug-likeness (QED) is 0.757. The molecule has 0 aliphatic rings. The second-order valence-electron chi connectivity index (χ2n) is 3.93. The number of nitrogens with zero attached hydrogens (tertiary/aromatic N) is 1. The van der Waals surface area contributed by atoms with E-state index in [1.807, 2.05) is 30.3 Å². The van der Waals surface area contributed by atoms with E-state index in [4.69, 9.17) is 8.83 Å². The van der Waals surface area contributed by atoms with E-state index in [-0.39, 0.29) is 0 Å². The van der Waals surface area contributed by atoms with Gasteiger partial charge in [-0.1, -0.05) is 12.1 Å². The molecule has 0 saturated heterocycles. The first kappa shape index (κ1) is 10.7. The van der Waals surface area contributed by atoms with Gasteiger partial charge in [-0.15, -0.1) is 0 Å². The van der Waals surface area contributed by atoms with E-state index >= 15 is 0 Å². The summed E-state index contributed by atoms with van der Waals surface area (Å²) < 4.78 is 10.3. The molecular formula is C14H12N2O2. The molecule has 0 aliphatic carbocycles. The van der Waals surface area contributed by atoms with Crippen molar-refractivity contribution in [2.24, 2.45) is 0 Å². The van der Waals surface area contributed by atoms with Crippen molar-refractivity contribution in [1.29, 1.82) is 0 Å². The van der Waals surface area contributed by atoms with Gasteiger partial charge in [0.1, 0.15) is 0 Å². The highest BCUT2D eigenvalue weighted by Crippen LogP contribution is 2.22. The monoisotopic (exact) mass is 240 g/mol. The number of hydrogen-bond acceptors (Lipinski definition) is 4. The summed E-state index contributed by atoms with van der Waals surface area (Å²) in [6, 6.07) is 9.95. The zero-order valence-electron chi connectivity index (χ0n) is 9.67. The molecule has 1 N–H and O–H groups in total. The first-order chi connectivity index (χ1) is 8.92. The summed E-state index contributed by atoms with van der Waals surface area (Å²) in [5.41, 5.74) is 3.15. The maximum absolute atomic E-state index is 5.27.